The minimum Gasteiger partial charge on any atom is -0.340 e. The van der Waals surface area contributed by atoms with Gasteiger partial charge in [0, 0.05) is 44.1 Å². The number of thiazole rings is 1. The Bertz CT molecular complexity index is 1500. The van der Waals surface area contributed by atoms with Gasteiger partial charge in [-0.25, -0.2) is 17.8 Å². The molecule has 0 atom stereocenters. The van der Waals surface area contributed by atoms with Gasteiger partial charge < -0.3 is 10.2 Å². The molecular weight excluding hydrogens is 501 g/mol. The van der Waals surface area contributed by atoms with Crippen molar-refractivity contribution in [2.75, 3.05) is 36.4 Å². The number of halogens is 1. The van der Waals surface area contributed by atoms with Crippen LogP contribution < -0.4 is 10.2 Å². The number of nitrogens with zero attached hydrogens (tertiary/aromatic N) is 6. The van der Waals surface area contributed by atoms with Crippen molar-refractivity contribution in [3.8, 4) is 16.6 Å². The van der Waals surface area contributed by atoms with Gasteiger partial charge in [0.05, 0.1) is 32.6 Å². The predicted molar refractivity (Wildman–Crippen MR) is 135 cm³/mol. The van der Waals surface area contributed by atoms with Gasteiger partial charge in [0.2, 0.25) is 16.0 Å². The van der Waals surface area contributed by atoms with Gasteiger partial charge in [-0.15, -0.1) is 11.3 Å². The van der Waals surface area contributed by atoms with E-state index in [-0.39, 0.29) is 18.0 Å². The van der Waals surface area contributed by atoms with Crippen LogP contribution in [0.25, 0.3) is 10.6 Å². The van der Waals surface area contributed by atoms with Gasteiger partial charge in [0.1, 0.15) is 11.6 Å². The van der Waals surface area contributed by atoms with Crippen LogP contribution in [0, 0.1) is 17.1 Å². The van der Waals surface area contributed by atoms with Gasteiger partial charge in [-0.2, -0.15) is 14.6 Å². The maximum atomic E-state index is 13.2. The van der Waals surface area contributed by atoms with E-state index in [1.165, 1.54) is 27.8 Å². The molecule has 1 fully saturated rings. The van der Waals surface area contributed by atoms with E-state index in [1.54, 1.807) is 36.0 Å². The quantitative estimate of drug-likeness (QED) is 0.407. The van der Waals surface area contributed by atoms with Gasteiger partial charge in [-0.05, 0) is 48.5 Å². The third-order valence-corrected chi connectivity index (χ3v) is 8.37. The Kier molecular flexibility index (Phi) is 6.60. The van der Waals surface area contributed by atoms with Gasteiger partial charge in [0.15, 0.2) is 0 Å². The Hall–Kier alpha value is -3.92. The lowest BCUT2D eigenvalue weighted by Crippen LogP contribution is -2.49. The fourth-order valence-electron chi connectivity index (χ4n) is 3.77. The largest absolute Gasteiger partial charge is 0.340 e. The Labute approximate surface area is 211 Å². The first-order valence-electron chi connectivity index (χ1n) is 11.0. The summed E-state index contributed by atoms with van der Waals surface area (Å²) >= 11 is 1.46. The molecule has 12 heteroatoms. The molecule has 0 amide bonds. The second-order valence-corrected chi connectivity index (χ2v) is 10.8. The van der Waals surface area contributed by atoms with Crippen LogP contribution in [0.2, 0.25) is 0 Å². The van der Waals surface area contributed by atoms with Crippen molar-refractivity contribution in [2.24, 2.45) is 0 Å². The fourth-order valence-corrected chi connectivity index (χ4v) is 5.77. The van der Waals surface area contributed by atoms with E-state index in [0.717, 1.165) is 22.7 Å². The number of hydrogen-bond acceptors (Lipinski definition) is 9. The van der Waals surface area contributed by atoms with E-state index < -0.39 is 15.8 Å². The molecule has 0 bridgehead atoms. The number of piperazine rings is 1. The summed E-state index contributed by atoms with van der Waals surface area (Å²) in [4.78, 5) is 16.4. The first kappa shape index (κ1) is 23.8. The van der Waals surface area contributed by atoms with Crippen molar-refractivity contribution < 1.29 is 12.8 Å². The molecule has 1 aliphatic heterocycles. The van der Waals surface area contributed by atoms with Crippen molar-refractivity contribution in [1.29, 1.82) is 5.26 Å². The van der Waals surface area contributed by atoms with E-state index in [2.05, 4.69) is 21.4 Å². The maximum absolute atomic E-state index is 13.2. The summed E-state index contributed by atoms with van der Waals surface area (Å²) in [5.41, 5.74) is 3.75. The van der Waals surface area contributed by atoms with Crippen molar-refractivity contribution >= 4 is 38.8 Å². The second-order valence-electron chi connectivity index (χ2n) is 7.96. The molecule has 1 N–H and O–H groups in total. The Morgan fingerprint density at radius 1 is 1.00 bits per heavy atom. The van der Waals surface area contributed by atoms with Crippen molar-refractivity contribution in [3.63, 3.8) is 0 Å². The molecule has 3 heterocycles. The molecule has 1 aliphatic rings. The number of hydrogen-bond donors (Lipinski definition) is 1. The van der Waals surface area contributed by atoms with Crippen LogP contribution in [0.4, 0.5) is 21.8 Å². The van der Waals surface area contributed by atoms with Gasteiger partial charge >= 0.3 is 0 Å². The summed E-state index contributed by atoms with van der Waals surface area (Å²) in [5.74, 6) is 0.549. The fraction of sp³-hybridized carbons (Fsp3) is 0.167. The third-order valence-electron chi connectivity index (χ3n) is 5.66. The van der Waals surface area contributed by atoms with Crippen molar-refractivity contribution in [3.05, 3.63) is 77.7 Å². The minimum absolute atomic E-state index is 0.0645. The molecule has 0 radical (unpaired) electrons. The zero-order valence-electron chi connectivity index (χ0n) is 18.9. The molecule has 36 heavy (non-hydrogen) atoms. The van der Waals surface area contributed by atoms with Crippen molar-refractivity contribution in [1.82, 2.24) is 19.3 Å². The lowest BCUT2D eigenvalue weighted by atomic mass is 10.2. The molecule has 1 saturated heterocycles. The highest BCUT2D eigenvalue weighted by atomic mass is 32.2. The average Bonchev–Trinajstić information content (AvgIpc) is 3.45. The molecule has 0 unspecified atom stereocenters. The monoisotopic (exact) mass is 521 g/mol. The number of aromatic nitrogens is 3. The van der Waals surface area contributed by atoms with E-state index >= 15 is 0 Å². The third kappa shape index (κ3) is 5.03. The molecule has 5 rings (SSSR count). The summed E-state index contributed by atoms with van der Waals surface area (Å²) in [6.07, 6.45) is 1.73. The van der Waals surface area contributed by atoms with Crippen LogP contribution in [-0.2, 0) is 10.0 Å². The summed E-state index contributed by atoms with van der Waals surface area (Å²) in [6.45, 7) is 1.27. The Balaban J connectivity index is 1.38. The van der Waals surface area contributed by atoms with Gasteiger partial charge in [0.25, 0.3) is 0 Å². The zero-order chi connectivity index (χ0) is 25.1. The van der Waals surface area contributed by atoms with E-state index in [9.17, 15) is 12.8 Å². The van der Waals surface area contributed by atoms with Crippen LogP contribution in [-0.4, -0.2) is 53.9 Å². The summed E-state index contributed by atoms with van der Waals surface area (Å²) in [7, 11) is -3.73. The van der Waals surface area contributed by atoms with E-state index in [0.29, 0.717) is 36.1 Å². The normalized spacial score (nSPS) is 14.4. The number of nitrogens with one attached hydrogen (secondary N) is 1. The topological polar surface area (TPSA) is 115 Å². The zero-order valence-corrected chi connectivity index (χ0v) is 20.5. The highest BCUT2D eigenvalue weighted by Gasteiger charge is 2.29. The number of nitriles is 1. The lowest BCUT2D eigenvalue weighted by molar-refractivity contribution is 0.382. The molecular formula is C24H20FN7O2S2. The second kappa shape index (κ2) is 9.98. The molecule has 2 aromatic heterocycles. The average molecular weight is 522 g/mol. The highest BCUT2D eigenvalue weighted by Crippen LogP contribution is 2.28. The lowest BCUT2D eigenvalue weighted by Gasteiger charge is -2.34. The van der Waals surface area contributed by atoms with Gasteiger partial charge in [-0.1, -0.05) is 0 Å². The molecule has 0 aliphatic carbocycles. The number of benzene rings is 2. The smallest absolute Gasteiger partial charge is 0.243 e. The molecule has 182 valence electrons. The Morgan fingerprint density at radius 2 is 1.72 bits per heavy atom. The molecule has 2 aromatic carbocycles. The van der Waals surface area contributed by atoms with Crippen molar-refractivity contribution in [2.45, 2.75) is 4.90 Å². The van der Waals surface area contributed by atoms with Crippen LogP contribution >= 0.6 is 11.3 Å². The van der Waals surface area contributed by atoms with E-state index in [1.807, 2.05) is 11.0 Å². The summed E-state index contributed by atoms with van der Waals surface area (Å²) in [6, 6.07) is 15.8. The summed E-state index contributed by atoms with van der Waals surface area (Å²) in [5, 5.41) is 12.3. The molecule has 9 nitrogen and oxygen atoms in total. The van der Waals surface area contributed by atoms with Gasteiger partial charge in [-0.3, -0.25) is 4.98 Å². The minimum atomic E-state index is -3.73. The standard InChI is InChI=1S/C24H20FN7O2S2/c25-18-3-7-20(8-4-18)36(33,34)32-11-9-31(10-12-32)24-29-21(22-15-27-16-35-22)13-23(30-24)28-19-5-1-17(14-26)2-6-19/h1-8,13,15-16H,9-12H2,(H,28,29,30). The summed E-state index contributed by atoms with van der Waals surface area (Å²) < 4.78 is 40.6. The van der Waals surface area contributed by atoms with Crippen LogP contribution in [0.1, 0.15) is 5.56 Å². The number of anilines is 3. The maximum Gasteiger partial charge on any atom is 0.243 e. The van der Waals surface area contributed by atoms with Crippen LogP contribution in [0.3, 0.4) is 0 Å². The first-order valence-corrected chi connectivity index (χ1v) is 13.3. The molecule has 0 spiro atoms. The van der Waals surface area contributed by atoms with E-state index in [4.69, 9.17) is 10.2 Å². The predicted octanol–water partition coefficient (Wildman–Crippen LogP) is 3.87. The molecule has 4 aromatic rings. The SMILES string of the molecule is N#Cc1ccc(Nc2cc(-c3cncs3)nc(N3CCN(S(=O)(=O)c4ccc(F)cc4)CC3)n2)cc1. The van der Waals surface area contributed by atoms with Crippen LogP contribution in [0.15, 0.2) is 71.2 Å². The highest BCUT2D eigenvalue weighted by molar-refractivity contribution is 7.89. The number of rotatable bonds is 6. The van der Waals surface area contributed by atoms with Crippen LogP contribution in [0.5, 0.6) is 0 Å². The number of sulfonamides is 1. The first-order chi connectivity index (χ1) is 17.4. The molecule has 0 saturated carbocycles. The Morgan fingerprint density at radius 3 is 2.36 bits per heavy atom.